The van der Waals surface area contributed by atoms with E-state index in [0.29, 0.717) is 10.0 Å². The van der Waals surface area contributed by atoms with E-state index in [4.69, 9.17) is 0 Å². The van der Waals surface area contributed by atoms with E-state index in [-0.39, 0.29) is 5.91 Å². The maximum absolute atomic E-state index is 13.3. The number of halogens is 2. The lowest BCUT2D eigenvalue weighted by atomic mass is 9.84. The summed E-state index contributed by atoms with van der Waals surface area (Å²) in [7, 11) is 0. The summed E-state index contributed by atoms with van der Waals surface area (Å²) in [5, 5.41) is 3.11. The molecule has 0 radical (unpaired) electrons. The van der Waals surface area contributed by atoms with Crippen molar-refractivity contribution in [1.82, 2.24) is 5.32 Å². The lowest BCUT2D eigenvalue weighted by Crippen LogP contribution is -2.44. The van der Waals surface area contributed by atoms with Gasteiger partial charge in [0.2, 0.25) is 0 Å². The number of benzene rings is 3. The predicted molar refractivity (Wildman–Crippen MR) is 101 cm³/mol. The highest BCUT2D eigenvalue weighted by Gasteiger charge is 2.31. The van der Waals surface area contributed by atoms with Gasteiger partial charge in [0.25, 0.3) is 5.91 Å². The van der Waals surface area contributed by atoms with Crippen molar-refractivity contribution >= 4 is 21.8 Å². The minimum atomic E-state index is -0.715. The Bertz CT molecular complexity index is 841. The molecule has 0 bridgehead atoms. The summed E-state index contributed by atoms with van der Waals surface area (Å²) < 4.78 is 13.7. The topological polar surface area (TPSA) is 29.1 Å². The molecule has 0 aromatic heterocycles. The van der Waals surface area contributed by atoms with Crippen molar-refractivity contribution < 1.29 is 9.18 Å². The largest absolute Gasteiger partial charge is 0.339 e. The van der Waals surface area contributed by atoms with Gasteiger partial charge in [0.05, 0.1) is 11.1 Å². The molecular formula is C21H17BrFNO. The van der Waals surface area contributed by atoms with Gasteiger partial charge in [-0.25, -0.2) is 4.39 Å². The Morgan fingerprint density at radius 2 is 1.44 bits per heavy atom. The Morgan fingerprint density at radius 1 is 0.920 bits per heavy atom. The number of hydrogen-bond acceptors (Lipinski definition) is 1. The molecule has 2 nitrogen and oxygen atoms in total. The third-order valence-corrected chi connectivity index (χ3v) is 4.90. The summed E-state index contributed by atoms with van der Waals surface area (Å²) in [5.41, 5.74) is 1.60. The molecule has 25 heavy (non-hydrogen) atoms. The monoisotopic (exact) mass is 397 g/mol. The van der Waals surface area contributed by atoms with Crippen molar-refractivity contribution in [1.29, 1.82) is 0 Å². The highest BCUT2D eigenvalue weighted by atomic mass is 79.9. The lowest BCUT2D eigenvalue weighted by Gasteiger charge is -2.32. The van der Waals surface area contributed by atoms with Gasteiger partial charge in [0.15, 0.2) is 0 Å². The van der Waals surface area contributed by atoms with E-state index in [0.717, 1.165) is 11.1 Å². The summed E-state index contributed by atoms with van der Waals surface area (Å²) in [4.78, 5) is 12.9. The molecule has 1 N–H and O–H groups in total. The third-order valence-electron chi connectivity index (χ3n) is 4.24. The van der Waals surface area contributed by atoms with Gasteiger partial charge >= 0.3 is 0 Å². The number of rotatable bonds is 4. The third kappa shape index (κ3) is 3.64. The quantitative estimate of drug-likeness (QED) is 0.637. The van der Waals surface area contributed by atoms with Crippen molar-refractivity contribution in [2.75, 3.05) is 0 Å². The van der Waals surface area contributed by atoms with Crippen LogP contribution < -0.4 is 5.32 Å². The van der Waals surface area contributed by atoms with Crippen LogP contribution in [0.2, 0.25) is 0 Å². The summed E-state index contributed by atoms with van der Waals surface area (Å²) in [5.74, 6) is -0.667. The van der Waals surface area contributed by atoms with Crippen LogP contribution in [0.15, 0.2) is 83.3 Å². The van der Waals surface area contributed by atoms with E-state index in [1.54, 1.807) is 0 Å². The minimum Gasteiger partial charge on any atom is -0.339 e. The number of nitrogens with one attached hydrogen (secondary N) is 1. The molecule has 0 fully saturated rings. The van der Waals surface area contributed by atoms with Crippen LogP contribution in [0.3, 0.4) is 0 Å². The smallest absolute Gasteiger partial charge is 0.253 e. The fraction of sp³-hybridized carbons (Fsp3) is 0.0952. The first-order valence-electron chi connectivity index (χ1n) is 7.89. The average molecular weight is 398 g/mol. The zero-order valence-electron chi connectivity index (χ0n) is 13.7. The molecule has 0 aliphatic heterocycles. The van der Waals surface area contributed by atoms with Gasteiger partial charge in [-0.1, -0.05) is 60.7 Å². The standard InChI is InChI=1S/C21H17BrFNO/c1-21(15-8-4-2-5-9-15,16-10-6-3-7-11-16)24-20(25)18-13-12-17(23)14-19(18)22/h2-14H,1H3,(H,24,25). The molecule has 0 heterocycles. The summed E-state index contributed by atoms with van der Waals surface area (Å²) in [6.45, 7) is 1.97. The number of hydrogen-bond donors (Lipinski definition) is 1. The minimum absolute atomic E-state index is 0.276. The van der Waals surface area contributed by atoms with Crippen molar-refractivity contribution in [3.63, 3.8) is 0 Å². The van der Waals surface area contributed by atoms with Crippen LogP contribution in [0.5, 0.6) is 0 Å². The maximum Gasteiger partial charge on any atom is 0.253 e. The van der Waals surface area contributed by atoms with Gasteiger partial charge < -0.3 is 5.32 Å². The van der Waals surface area contributed by atoms with Crippen molar-refractivity contribution in [3.05, 3.63) is 106 Å². The second kappa shape index (κ2) is 7.19. The first-order valence-corrected chi connectivity index (χ1v) is 8.68. The van der Waals surface area contributed by atoms with Crippen LogP contribution in [0.25, 0.3) is 0 Å². The molecule has 0 saturated heterocycles. The zero-order valence-corrected chi connectivity index (χ0v) is 15.3. The Balaban J connectivity index is 2.03. The van der Waals surface area contributed by atoms with Crippen LogP contribution in [0.4, 0.5) is 4.39 Å². The Labute approximate surface area is 154 Å². The van der Waals surface area contributed by atoms with Crippen molar-refractivity contribution in [3.8, 4) is 0 Å². The predicted octanol–water partition coefficient (Wildman–Crippen LogP) is 5.28. The van der Waals surface area contributed by atoms with Crippen LogP contribution in [-0.4, -0.2) is 5.91 Å². The fourth-order valence-electron chi connectivity index (χ4n) is 2.82. The molecule has 4 heteroatoms. The lowest BCUT2D eigenvalue weighted by molar-refractivity contribution is 0.0918. The summed E-state index contributed by atoms with van der Waals surface area (Å²) in [6, 6.07) is 23.6. The van der Waals surface area contributed by atoms with Crippen LogP contribution in [-0.2, 0) is 5.54 Å². The highest BCUT2D eigenvalue weighted by Crippen LogP contribution is 2.30. The van der Waals surface area contributed by atoms with Gasteiger partial charge in [0, 0.05) is 4.47 Å². The molecule has 0 spiro atoms. The number of carbonyl (C=O) groups excluding carboxylic acids is 1. The van der Waals surface area contributed by atoms with Crippen LogP contribution in [0, 0.1) is 5.82 Å². The van der Waals surface area contributed by atoms with E-state index in [1.807, 2.05) is 67.6 Å². The Morgan fingerprint density at radius 3 is 1.92 bits per heavy atom. The molecule has 0 aliphatic carbocycles. The molecule has 0 atom stereocenters. The van der Waals surface area contributed by atoms with Gasteiger partial charge in [-0.05, 0) is 52.2 Å². The van der Waals surface area contributed by atoms with E-state index in [1.165, 1.54) is 18.2 Å². The molecule has 3 aromatic carbocycles. The molecule has 0 saturated carbocycles. The SMILES string of the molecule is CC(NC(=O)c1ccc(F)cc1Br)(c1ccccc1)c1ccccc1. The maximum atomic E-state index is 13.3. The number of carbonyl (C=O) groups is 1. The zero-order chi connectivity index (χ0) is 17.9. The first-order chi connectivity index (χ1) is 12.0. The Kier molecular flexibility index (Phi) is 5.00. The molecule has 1 amide bonds. The van der Waals surface area contributed by atoms with E-state index >= 15 is 0 Å². The highest BCUT2D eigenvalue weighted by molar-refractivity contribution is 9.10. The first kappa shape index (κ1) is 17.4. The van der Waals surface area contributed by atoms with E-state index in [9.17, 15) is 9.18 Å². The van der Waals surface area contributed by atoms with Crippen molar-refractivity contribution in [2.24, 2.45) is 0 Å². The van der Waals surface area contributed by atoms with Gasteiger partial charge in [-0.2, -0.15) is 0 Å². The van der Waals surface area contributed by atoms with Crippen molar-refractivity contribution in [2.45, 2.75) is 12.5 Å². The fourth-order valence-corrected chi connectivity index (χ4v) is 3.35. The second-order valence-corrected chi connectivity index (χ2v) is 6.79. The molecular weight excluding hydrogens is 381 g/mol. The summed E-state index contributed by atoms with van der Waals surface area (Å²) >= 11 is 3.27. The Hall–Kier alpha value is -2.46. The number of amides is 1. The van der Waals surface area contributed by atoms with Gasteiger partial charge in [-0.15, -0.1) is 0 Å². The van der Waals surface area contributed by atoms with Gasteiger partial charge in [0.1, 0.15) is 5.82 Å². The van der Waals surface area contributed by atoms with E-state index in [2.05, 4.69) is 21.2 Å². The summed E-state index contributed by atoms with van der Waals surface area (Å²) in [6.07, 6.45) is 0. The van der Waals surface area contributed by atoms with Crippen LogP contribution >= 0.6 is 15.9 Å². The molecule has 3 rings (SSSR count). The van der Waals surface area contributed by atoms with E-state index < -0.39 is 11.4 Å². The molecule has 3 aromatic rings. The second-order valence-electron chi connectivity index (χ2n) is 5.94. The van der Waals surface area contributed by atoms with Crippen LogP contribution in [0.1, 0.15) is 28.4 Å². The molecule has 0 aliphatic rings. The normalized spacial score (nSPS) is 11.2. The average Bonchev–Trinajstić information content (AvgIpc) is 2.63. The molecule has 126 valence electrons. The van der Waals surface area contributed by atoms with Gasteiger partial charge in [-0.3, -0.25) is 4.79 Å². The molecule has 0 unspecified atom stereocenters.